The molecule has 0 fully saturated rings. The second-order valence-electron chi connectivity index (χ2n) is 13.1. The van der Waals surface area contributed by atoms with Gasteiger partial charge in [0.15, 0.2) is 5.82 Å². The van der Waals surface area contributed by atoms with E-state index in [-0.39, 0.29) is 0 Å². The van der Waals surface area contributed by atoms with E-state index in [1.807, 2.05) is 24.3 Å². The summed E-state index contributed by atoms with van der Waals surface area (Å²) in [6.07, 6.45) is 0. The molecular weight excluding hydrogens is 633 g/mol. The fourth-order valence-corrected chi connectivity index (χ4v) is 7.18. The summed E-state index contributed by atoms with van der Waals surface area (Å²) in [7, 11) is 0. The predicted molar refractivity (Wildman–Crippen MR) is 215 cm³/mol. The molecule has 0 saturated heterocycles. The normalized spacial score (nSPS) is 11.5. The summed E-state index contributed by atoms with van der Waals surface area (Å²) in [6.45, 7) is 0. The minimum atomic E-state index is 0.709. The van der Waals surface area contributed by atoms with Crippen LogP contribution in [0.3, 0.4) is 0 Å². The molecule has 242 valence electrons. The number of hydrogen-bond acceptors (Lipinski definition) is 4. The van der Waals surface area contributed by atoms with Crippen molar-refractivity contribution in [2.75, 3.05) is 0 Å². The maximum absolute atomic E-state index is 5.22. The highest BCUT2D eigenvalue weighted by atomic mass is 14.9. The van der Waals surface area contributed by atoms with Crippen molar-refractivity contribution >= 4 is 43.5 Å². The zero-order chi connectivity index (χ0) is 34.4. The van der Waals surface area contributed by atoms with Crippen molar-refractivity contribution < 1.29 is 0 Å². The summed E-state index contributed by atoms with van der Waals surface area (Å²) in [6, 6.07) is 63.3. The van der Waals surface area contributed by atoms with Gasteiger partial charge in [-0.15, -0.1) is 0 Å². The molecule has 0 N–H and O–H groups in total. The Kier molecular flexibility index (Phi) is 7.10. The first-order chi connectivity index (χ1) is 25.7. The van der Waals surface area contributed by atoms with Crippen LogP contribution in [0.5, 0.6) is 0 Å². The fourth-order valence-electron chi connectivity index (χ4n) is 7.18. The molecule has 7 aromatic carbocycles. The zero-order valence-corrected chi connectivity index (χ0v) is 28.1. The molecule has 4 heteroatoms. The van der Waals surface area contributed by atoms with E-state index in [1.54, 1.807) is 0 Å². The van der Waals surface area contributed by atoms with Gasteiger partial charge in [-0.25, -0.2) is 19.9 Å². The molecule has 0 unspecified atom stereocenters. The number of hydrogen-bond donors (Lipinski definition) is 0. The molecule has 0 aliphatic heterocycles. The Bertz CT molecular complexity index is 2940. The van der Waals surface area contributed by atoms with Crippen molar-refractivity contribution in [2.45, 2.75) is 0 Å². The van der Waals surface area contributed by atoms with E-state index in [2.05, 4.69) is 158 Å². The van der Waals surface area contributed by atoms with E-state index in [1.165, 1.54) is 10.8 Å². The Morgan fingerprint density at radius 3 is 1.56 bits per heavy atom. The van der Waals surface area contributed by atoms with Gasteiger partial charge >= 0.3 is 0 Å². The molecule has 0 aliphatic carbocycles. The Hall–Kier alpha value is -7.04. The molecule has 10 rings (SSSR count). The lowest BCUT2D eigenvalue weighted by Crippen LogP contribution is -1.96. The first-order valence-electron chi connectivity index (χ1n) is 17.5. The number of fused-ring (bicyclic) bond motifs is 5. The Labute approximate surface area is 300 Å². The summed E-state index contributed by atoms with van der Waals surface area (Å²) >= 11 is 0. The number of nitrogens with zero attached hydrogens (tertiary/aromatic N) is 4. The van der Waals surface area contributed by atoms with E-state index in [9.17, 15) is 0 Å². The van der Waals surface area contributed by atoms with Gasteiger partial charge in [-0.1, -0.05) is 164 Å². The monoisotopic (exact) mass is 662 g/mol. The minimum absolute atomic E-state index is 0.709. The standard InChI is InChI=1S/C48H30N4/c1-3-11-34(12-4-1)44-41-17-9-16-40(47(41)52-48(51-44)37-13-5-2-6-14-37)32-19-21-33(22-20-32)42-28-26-35-23-24-36-27-29-43(50-46(36)45(35)49-42)39-25-18-31-10-7-8-15-38(31)30-39/h1-30H. The van der Waals surface area contributed by atoms with E-state index in [4.69, 9.17) is 19.9 Å². The SMILES string of the molecule is c1ccc(-c2nc(-c3ccccc3)c3cccc(-c4ccc(-c5ccc6ccc7ccc(-c8ccc9ccccc9c8)nc7c6n5)cc4)c3n2)cc1. The summed E-state index contributed by atoms with van der Waals surface area (Å²) in [5.41, 5.74) is 11.8. The third-order valence-electron chi connectivity index (χ3n) is 9.86. The van der Waals surface area contributed by atoms with Gasteiger partial charge < -0.3 is 0 Å². The predicted octanol–water partition coefficient (Wildman–Crippen LogP) is 12.2. The lowest BCUT2D eigenvalue weighted by atomic mass is 9.97. The molecule has 0 radical (unpaired) electrons. The minimum Gasteiger partial charge on any atom is -0.245 e. The van der Waals surface area contributed by atoms with Gasteiger partial charge in [-0.3, -0.25) is 0 Å². The maximum Gasteiger partial charge on any atom is 0.160 e. The summed E-state index contributed by atoms with van der Waals surface area (Å²) in [5, 5.41) is 5.58. The van der Waals surface area contributed by atoms with Crippen molar-refractivity contribution in [3.05, 3.63) is 182 Å². The lowest BCUT2D eigenvalue weighted by Gasteiger charge is -2.13. The van der Waals surface area contributed by atoms with Gasteiger partial charge in [0, 0.05) is 44.0 Å². The molecule has 3 aromatic heterocycles. The second-order valence-corrected chi connectivity index (χ2v) is 13.1. The Morgan fingerprint density at radius 1 is 0.288 bits per heavy atom. The molecule has 0 spiro atoms. The Morgan fingerprint density at radius 2 is 0.846 bits per heavy atom. The van der Waals surface area contributed by atoms with Gasteiger partial charge in [0.1, 0.15) is 0 Å². The van der Waals surface area contributed by atoms with Crippen LogP contribution in [0, 0.1) is 0 Å². The molecule has 0 saturated carbocycles. The summed E-state index contributed by atoms with van der Waals surface area (Å²) < 4.78 is 0. The summed E-state index contributed by atoms with van der Waals surface area (Å²) in [5.74, 6) is 0.709. The average molecular weight is 663 g/mol. The highest BCUT2D eigenvalue weighted by Gasteiger charge is 2.16. The molecular formula is C48H30N4. The van der Waals surface area contributed by atoms with Crippen molar-refractivity contribution in [1.29, 1.82) is 0 Å². The van der Waals surface area contributed by atoms with E-state index in [0.29, 0.717) is 5.82 Å². The van der Waals surface area contributed by atoms with Crippen LogP contribution in [-0.4, -0.2) is 19.9 Å². The largest absolute Gasteiger partial charge is 0.245 e. The highest BCUT2D eigenvalue weighted by Crippen LogP contribution is 2.36. The van der Waals surface area contributed by atoms with Crippen LogP contribution in [0.2, 0.25) is 0 Å². The van der Waals surface area contributed by atoms with Crippen LogP contribution in [-0.2, 0) is 0 Å². The lowest BCUT2D eigenvalue weighted by molar-refractivity contribution is 1.23. The molecule has 0 aliphatic rings. The van der Waals surface area contributed by atoms with Gasteiger partial charge in [-0.05, 0) is 34.5 Å². The second kappa shape index (κ2) is 12.4. The molecule has 0 atom stereocenters. The van der Waals surface area contributed by atoms with Crippen molar-refractivity contribution in [3.63, 3.8) is 0 Å². The van der Waals surface area contributed by atoms with Crippen LogP contribution < -0.4 is 0 Å². The zero-order valence-electron chi connectivity index (χ0n) is 28.1. The van der Waals surface area contributed by atoms with Gasteiger partial charge in [0.05, 0.1) is 33.6 Å². The highest BCUT2D eigenvalue weighted by molar-refractivity contribution is 6.05. The van der Waals surface area contributed by atoms with Crippen LogP contribution in [0.15, 0.2) is 182 Å². The Balaban J connectivity index is 1.06. The first kappa shape index (κ1) is 29.8. The van der Waals surface area contributed by atoms with Crippen LogP contribution in [0.25, 0.3) is 99.8 Å². The van der Waals surface area contributed by atoms with E-state index in [0.717, 1.165) is 83.2 Å². The van der Waals surface area contributed by atoms with Gasteiger partial charge in [0.25, 0.3) is 0 Å². The topological polar surface area (TPSA) is 51.6 Å². The van der Waals surface area contributed by atoms with Crippen molar-refractivity contribution in [1.82, 2.24) is 19.9 Å². The average Bonchev–Trinajstić information content (AvgIpc) is 3.23. The molecule has 52 heavy (non-hydrogen) atoms. The third kappa shape index (κ3) is 5.26. The molecule has 4 nitrogen and oxygen atoms in total. The molecule has 0 amide bonds. The number of rotatable bonds is 5. The van der Waals surface area contributed by atoms with Crippen molar-refractivity contribution in [3.8, 4) is 56.3 Å². The summed E-state index contributed by atoms with van der Waals surface area (Å²) in [4.78, 5) is 20.7. The maximum atomic E-state index is 5.22. The fraction of sp³-hybridized carbons (Fsp3) is 0. The van der Waals surface area contributed by atoms with Gasteiger partial charge in [-0.2, -0.15) is 0 Å². The third-order valence-corrected chi connectivity index (χ3v) is 9.86. The number of aromatic nitrogens is 4. The first-order valence-corrected chi connectivity index (χ1v) is 17.5. The number of pyridine rings is 2. The van der Waals surface area contributed by atoms with Crippen molar-refractivity contribution in [2.24, 2.45) is 0 Å². The van der Waals surface area contributed by atoms with E-state index < -0.39 is 0 Å². The number of para-hydroxylation sites is 1. The quantitative estimate of drug-likeness (QED) is 0.172. The number of benzene rings is 7. The van der Waals surface area contributed by atoms with E-state index >= 15 is 0 Å². The molecule has 0 bridgehead atoms. The molecule has 3 heterocycles. The van der Waals surface area contributed by atoms with Gasteiger partial charge in [0.2, 0.25) is 0 Å². The molecule has 10 aromatic rings. The van der Waals surface area contributed by atoms with Crippen LogP contribution in [0.4, 0.5) is 0 Å². The smallest absolute Gasteiger partial charge is 0.160 e. The van der Waals surface area contributed by atoms with Crippen LogP contribution in [0.1, 0.15) is 0 Å². The van der Waals surface area contributed by atoms with Crippen LogP contribution >= 0.6 is 0 Å².